The van der Waals surface area contributed by atoms with Crippen molar-refractivity contribution in [2.24, 2.45) is 11.7 Å². The number of hydrogen-bond donors (Lipinski definition) is 2. The maximum atomic E-state index is 10.9. The predicted molar refractivity (Wildman–Crippen MR) is 74.2 cm³/mol. The number of hydrogen-bond acceptors (Lipinski definition) is 7. The van der Waals surface area contributed by atoms with Gasteiger partial charge in [0.2, 0.25) is 17.8 Å². The van der Waals surface area contributed by atoms with E-state index < -0.39 is 0 Å². The van der Waals surface area contributed by atoms with Crippen molar-refractivity contribution in [3.05, 3.63) is 0 Å². The summed E-state index contributed by atoms with van der Waals surface area (Å²) in [6.45, 7) is 3.87. The molecule has 1 aromatic rings. The number of rotatable bonds is 5. The number of aromatic nitrogens is 3. The lowest BCUT2D eigenvalue weighted by molar-refractivity contribution is -0.119. The van der Waals surface area contributed by atoms with Crippen LogP contribution < -0.4 is 21.1 Å². The maximum absolute atomic E-state index is 10.9. The summed E-state index contributed by atoms with van der Waals surface area (Å²) in [7, 11) is 0. The first kappa shape index (κ1) is 14.3. The van der Waals surface area contributed by atoms with Crippen LogP contribution >= 0.6 is 0 Å². The van der Waals surface area contributed by atoms with Crippen LogP contribution in [0, 0.1) is 5.92 Å². The molecule has 1 aromatic heterocycles. The van der Waals surface area contributed by atoms with Crippen LogP contribution in [0.25, 0.3) is 0 Å². The SMILES string of the molecule is CCOc1nc(N)nc(N2CCC(CC(N)=O)CC2)n1. The van der Waals surface area contributed by atoms with Crippen LogP contribution in [0.5, 0.6) is 6.01 Å². The molecule has 20 heavy (non-hydrogen) atoms. The minimum Gasteiger partial charge on any atom is -0.464 e. The van der Waals surface area contributed by atoms with Gasteiger partial charge in [-0.15, -0.1) is 0 Å². The Bertz CT molecular complexity index is 473. The van der Waals surface area contributed by atoms with Gasteiger partial charge in [-0.05, 0) is 25.7 Å². The molecule has 8 nitrogen and oxygen atoms in total. The zero-order valence-corrected chi connectivity index (χ0v) is 11.6. The standard InChI is InChI=1S/C12H20N6O2/c1-2-20-12-16-10(14)15-11(17-12)18-5-3-8(4-6-18)7-9(13)19/h8H,2-7H2,1H3,(H2,13,19)(H2,14,15,16,17). The number of piperidine rings is 1. The molecule has 0 bridgehead atoms. The molecule has 1 saturated heterocycles. The molecule has 0 aliphatic carbocycles. The van der Waals surface area contributed by atoms with Crippen molar-refractivity contribution in [1.29, 1.82) is 0 Å². The van der Waals surface area contributed by atoms with E-state index in [1.165, 1.54) is 0 Å². The van der Waals surface area contributed by atoms with E-state index in [1.807, 2.05) is 11.8 Å². The lowest BCUT2D eigenvalue weighted by Crippen LogP contribution is -2.36. The molecular weight excluding hydrogens is 260 g/mol. The highest BCUT2D eigenvalue weighted by Gasteiger charge is 2.23. The molecule has 0 unspecified atom stereocenters. The van der Waals surface area contributed by atoms with Gasteiger partial charge in [-0.2, -0.15) is 15.0 Å². The van der Waals surface area contributed by atoms with Gasteiger partial charge in [-0.25, -0.2) is 0 Å². The average Bonchev–Trinajstić information content (AvgIpc) is 2.38. The van der Waals surface area contributed by atoms with Crippen molar-refractivity contribution in [2.75, 3.05) is 30.3 Å². The number of nitrogens with two attached hydrogens (primary N) is 2. The molecule has 1 aliphatic rings. The molecule has 8 heteroatoms. The van der Waals surface area contributed by atoms with Gasteiger partial charge in [-0.3, -0.25) is 4.79 Å². The summed E-state index contributed by atoms with van der Waals surface area (Å²) in [4.78, 5) is 25.2. The van der Waals surface area contributed by atoms with Crippen LogP contribution in [-0.2, 0) is 4.79 Å². The Kier molecular flexibility index (Phi) is 4.54. The highest BCUT2D eigenvalue weighted by molar-refractivity contribution is 5.74. The van der Waals surface area contributed by atoms with Crippen molar-refractivity contribution in [2.45, 2.75) is 26.2 Å². The van der Waals surface area contributed by atoms with E-state index in [2.05, 4.69) is 15.0 Å². The molecule has 2 heterocycles. The summed E-state index contributed by atoms with van der Waals surface area (Å²) in [5.41, 5.74) is 10.9. The third-order valence-corrected chi connectivity index (χ3v) is 3.28. The first-order valence-corrected chi connectivity index (χ1v) is 6.76. The molecular formula is C12H20N6O2. The van der Waals surface area contributed by atoms with E-state index in [0.717, 1.165) is 25.9 Å². The topological polar surface area (TPSA) is 120 Å². The Morgan fingerprint density at radius 2 is 2.05 bits per heavy atom. The molecule has 4 N–H and O–H groups in total. The summed E-state index contributed by atoms with van der Waals surface area (Å²) in [5.74, 6) is 0.775. The molecule has 0 radical (unpaired) electrons. The Morgan fingerprint density at radius 1 is 1.35 bits per heavy atom. The van der Waals surface area contributed by atoms with E-state index in [1.54, 1.807) is 0 Å². The molecule has 1 amide bonds. The second-order valence-electron chi connectivity index (χ2n) is 4.81. The van der Waals surface area contributed by atoms with E-state index >= 15 is 0 Å². The van der Waals surface area contributed by atoms with Crippen molar-refractivity contribution >= 4 is 17.8 Å². The zero-order valence-electron chi connectivity index (χ0n) is 11.6. The van der Waals surface area contributed by atoms with Gasteiger partial charge in [0.1, 0.15) is 0 Å². The lowest BCUT2D eigenvalue weighted by atomic mass is 9.93. The fourth-order valence-corrected chi connectivity index (χ4v) is 2.32. The van der Waals surface area contributed by atoms with Gasteiger partial charge in [0.25, 0.3) is 0 Å². The predicted octanol–water partition coefficient (Wildman–Crippen LogP) is -0.0557. The van der Waals surface area contributed by atoms with Crippen molar-refractivity contribution < 1.29 is 9.53 Å². The number of carbonyl (C=O) groups excluding carboxylic acids is 1. The van der Waals surface area contributed by atoms with Gasteiger partial charge in [0.05, 0.1) is 6.61 Å². The number of ether oxygens (including phenoxy) is 1. The minimum absolute atomic E-state index is 0.151. The largest absolute Gasteiger partial charge is 0.464 e. The van der Waals surface area contributed by atoms with Crippen LogP contribution in [0.4, 0.5) is 11.9 Å². The summed E-state index contributed by atoms with van der Waals surface area (Å²) < 4.78 is 5.26. The summed E-state index contributed by atoms with van der Waals surface area (Å²) >= 11 is 0. The van der Waals surface area contributed by atoms with E-state index in [9.17, 15) is 4.79 Å². The molecule has 0 spiro atoms. The van der Waals surface area contributed by atoms with Crippen molar-refractivity contribution in [3.63, 3.8) is 0 Å². The number of anilines is 2. The van der Waals surface area contributed by atoms with Gasteiger partial charge >= 0.3 is 6.01 Å². The number of carbonyl (C=O) groups is 1. The molecule has 0 atom stereocenters. The number of nitrogen functional groups attached to an aromatic ring is 1. The third-order valence-electron chi connectivity index (χ3n) is 3.28. The third kappa shape index (κ3) is 3.69. The molecule has 110 valence electrons. The van der Waals surface area contributed by atoms with Crippen LogP contribution in [-0.4, -0.2) is 40.6 Å². The van der Waals surface area contributed by atoms with Crippen LogP contribution in [0.2, 0.25) is 0 Å². The second-order valence-corrected chi connectivity index (χ2v) is 4.81. The summed E-state index contributed by atoms with van der Waals surface area (Å²) in [5, 5.41) is 0. The molecule has 0 saturated carbocycles. The highest BCUT2D eigenvalue weighted by atomic mass is 16.5. The fourth-order valence-electron chi connectivity index (χ4n) is 2.32. The van der Waals surface area contributed by atoms with Crippen LogP contribution in [0.1, 0.15) is 26.2 Å². The lowest BCUT2D eigenvalue weighted by Gasteiger charge is -2.31. The first-order chi connectivity index (χ1) is 9.58. The zero-order chi connectivity index (χ0) is 14.5. The van der Waals surface area contributed by atoms with E-state index in [4.69, 9.17) is 16.2 Å². The van der Waals surface area contributed by atoms with Gasteiger partial charge in [0, 0.05) is 19.5 Å². The number of nitrogens with zero attached hydrogens (tertiary/aromatic N) is 4. The Balaban J connectivity index is 2.01. The normalized spacial score (nSPS) is 16.1. The summed E-state index contributed by atoms with van der Waals surface area (Å²) in [6.07, 6.45) is 2.22. The quantitative estimate of drug-likeness (QED) is 0.775. The molecule has 1 aliphatic heterocycles. The second kappa shape index (κ2) is 6.36. The summed E-state index contributed by atoms with van der Waals surface area (Å²) in [6, 6.07) is 0.245. The highest BCUT2D eigenvalue weighted by Crippen LogP contribution is 2.24. The Hall–Kier alpha value is -2.12. The first-order valence-electron chi connectivity index (χ1n) is 6.76. The van der Waals surface area contributed by atoms with Gasteiger partial charge in [0.15, 0.2) is 0 Å². The molecule has 2 rings (SSSR count). The molecule has 1 fully saturated rings. The van der Waals surface area contributed by atoms with Crippen LogP contribution in [0.3, 0.4) is 0 Å². The number of primary amides is 1. The van der Waals surface area contributed by atoms with Crippen molar-refractivity contribution in [1.82, 2.24) is 15.0 Å². The smallest absolute Gasteiger partial charge is 0.323 e. The van der Waals surface area contributed by atoms with E-state index in [-0.39, 0.29) is 17.9 Å². The maximum Gasteiger partial charge on any atom is 0.323 e. The van der Waals surface area contributed by atoms with Gasteiger partial charge in [-0.1, -0.05) is 0 Å². The van der Waals surface area contributed by atoms with Gasteiger partial charge < -0.3 is 21.1 Å². The average molecular weight is 280 g/mol. The fraction of sp³-hybridized carbons (Fsp3) is 0.667. The molecule has 0 aromatic carbocycles. The Morgan fingerprint density at radius 3 is 2.65 bits per heavy atom. The van der Waals surface area contributed by atoms with Crippen LogP contribution in [0.15, 0.2) is 0 Å². The van der Waals surface area contributed by atoms with Crippen molar-refractivity contribution in [3.8, 4) is 6.01 Å². The van der Waals surface area contributed by atoms with E-state index in [0.29, 0.717) is 24.9 Å². The Labute approximate surface area is 117 Å². The minimum atomic E-state index is -0.244. The monoisotopic (exact) mass is 280 g/mol. The number of amides is 1.